The predicted molar refractivity (Wildman–Crippen MR) is 181 cm³/mol. The number of rotatable bonds is 13. The molecule has 4 N–H and O–H groups in total. The molecule has 12 nitrogen and oxygen atoms in total. The Hall–Kier alpha value is -2.96. The highest BCUT2D eigenvalue weighted by atomic mass is 32.2. The van der Waals surface area contributed by atoms with E-state index in [0.29, 0.717) is 13.0 Å². The number of carbonyl (C=O) groups excluding carboxylic acids is 5. The van der Waals surface area contributed by atoms with Crippen LogP contribution < -0.4 is 21.3 Å². The number of allylic oxidation sites excluding steroid dienone is 1. The standard InChI is InChI=1S/C34H57N5O7S/c1-10-11-17-23(27(40)29(42)35-18-19-47(45,46)33(5,6)7)36-28(41)26-24-22(34(24,8)9)20-39(26)30(43)25(21-15-13-12-14-16-21)37-31(44)38-32(2,3)4/h10,21-26H,1,11-20H2,2-9H3,(H,35,42)(H,36,41)(H2,37,38,44)/t22-,23?,24-,25+,26+/m1/s1. The first-order valence-electron chi connectivity index (χ1n) is 17.0. The zero-order valence-corrected chi connectivity index (χ0v) is 30.3. The van der Waals surface area contributed by atoms with E-state index in [1.54, 1.807) is 31.7 Å². The van der Waals surface area contributed by atoms with Crippen molar-refractivity contribution >= 4 is 39.4 Å². The summed E-state index contributed by atoms with van der Waals surface area (Å²) in [5.74, 6) is -3.18. The van der Waals surface area contributed by atoms with Gasteiger partial charge >= 0.3 is 6.03 Å². The quantitative estimate of drug-likeness (QED) is 0.171. The van der Waals surface area contributed by atoms with Crippen LogP contribution in [0.2, 0.25) is 0 Å². The third-order valence-electron chi connectivity index (χ3n) is 10.0. The van der Waals surface area contributed by atoms with E-state index < -0.39 is 61.9 Å². The number of urea groups is 1. The zero-order valence-electron chi connectivity index (χ0n) is 29.5. The van der Waals surface area contributed by atoms with Crippen LogP contribution in [0.5, 0.6) is 0 Å². The molecule has 3 fully saturated rings. The molecule has 1 aliphatic heterocycles. The van der Waals surface area contributed by atoms with Crippen molar-refractivity contribution in [2.45, 2.75) is 129 Å². The molecule has 2 saturated carbocycles. The molecule has 2 aliphatic carbocycles. The van der Waals surface area contributed by atoms with E-state index in [1.165, 1.54) is 0 Å². The minimum atomic E-state index is -3.52. The Morgan fingerprint density at radius 3 is 2.15 bits per heavy atom. The van der Waals surface area contributed by atoms with Crippen molar-refractivity contribution in [2.24, 2.45) is 23.2 Å². The summed E-state index contributed by atoms with van der Waals surface area (Å²) in [7, 11) is -3.52. The molecule has 3 rings (SSSR count). The van der Waals surface area contributed by atoms with Gasteiger partial charge in [-0.05, 0) is 90.4 Å². The van der Waals surface area contributed by atoms with Gasteiger partial charge in [0.2, 0.25) is 17.6 Å². The number of sulfone groups is 1. The smallest absolute Gasteiger partial charge is 0.315 e. The Labute approximate surface area is 280 Å². The number of amides is 5. The number of likely N-dealkylation sites (tertiary alicyclic amines) is 1. The average molecular weight is 680 g/mol. The van der Waals surface area contributed by atoms with Crippen LogP contribution in [0.4, 0.5) is 4.79 Å². The van der Waals surface area contributed by atoms with E-state index in [9.17, 15) is 32.4 Å². The molecule has 0 bridgehead atoms. The van der Waals surface area contributed by atoms with Crippen LogP contribution in [-0.2, 0) is 29.0 Å². The summed E-state index contributed by atoms with van der Waals surface area (Å²) in [6.07, 6.45) is 6.59. The van der Waals surface area contributed by atoms with Crippen molar-refractivity contribution in [3.05, 3.63) is 12.7 Å². The molecule has 0 aromatic carbocycles. The summed E-state index contributed by atoms with van der Waals surface area (Å²) in [4.78, 5) is 69.1. The molecule has 3 aliphatic rings. The number of carbonyl (C=O) groups is 5. The van der Waals surface area contributed by atoms with Crippen LogP contribution in [0.1, 0.15) is 100 Å². The summed E-state index contributed by atoms with van der Waals surface area (Å²) in [5.41, 5.74) is -0.710. The lowest BCUT2D eigenvalue weighted by molar-refractivity contribution is -0.144. The Morgan fingerprint density at radius 1 is 0.979 bits per heavy atom. The second-order valence-corrected chi connectivity index (χ2v) is 19.0. The normalized spacial score (nSPS) is 23.9. The molecular weight excluding hydrogens is 622 g/mol. The lowest BCUT2D eigenvalue weighted by atomic mass is 9.83. The number of fused-ring (bicyclic) bond motifs is 1. The number of hydrogen-bond donors (Lipinski definition) is 4. The lowest BCUT2D eigenvalue weighted by Crippen LogP contribution is -2.61. The monoisotopic (exact) mass is 679 g/mol. The third-order valence-corrected chi connectivity index (χ3v) is 12.6. The molecule has 13 heteroatoms. The van der Waals surface area contributed by atoms with Crippen molar-refractivity contribution in [1.82, 2.24) is 26.2 Å². The Morgan fingerprint density at radius 2 is 1.60 bits per heavy atom. The maximum Gasteiger partial charge on any atom is 0.315 e. The highest BCUT2D eigenvalue weighted by molar-refractivity contribution is 7.92. The Bertz CT molecular complexity index is 1320. The Balaban J connectivity index is 1.80. The van der Waals surface area contributed by atoms with Gasteiger partial charge in [-0.3, -0.25) is 19.2 Å². The van der Waals surface area contributed by atoms with Gasteiger partial charge in [-0.2, -0.15) is 0 Å². The van der Waals surface area contributed by atoms with Crippen LogP contribution in [0.3, 0.4) is 0 Å². The fourth-order valence-corrected chi connectivity index (χ4v) is 8.00. The summed E-state index contributed by atoms with van der Waals surface area (Å²) in [6.45, 7) is 18.2. The fraction of sp³-hybridized carbons (Fsp3) is 0.794. The van der Waals surface area contributed by atoms with Crippen molar-refractivity contribution in [3.8, 4) is 0 Å². The van der Waals surface area contributed by atoms with E-state index >= 15 is 0 Å². The second-order valence-electron chi connectivity index (χ2n) is 16.1. The lowest BCUT2D eigenvalue weighted by Gasteiger charge is -2.37. The molecular formula is C34H57N5O7S. The van der Waals surface area contributed by atoms with Crippen LogP contribution in [0.15, 0.2) is 12.7 Å². The van der Waals surface area contributed by atoms with Gasteiger partial charge in [-0.25, -0.2) is 13.2 Å². The Kier molecular flexibility index (Phi) is 12.0. The summed E-state index contributed by atoms with van der Waals surface area (Å²) in [5, 5.41) is 11.0. The summed E-state index contributed by atoms with van der Waals surface area (Å²) >= 11 is 0. The minimum absolute atomic E-state index is 0.0664. The average Bonchev–Trinajstić information content (AvgIpc) is 3.27. The molecule has 0 radical (unpaired) electrons. The van der Waals surface area contributed by atoms with Gasteiger partial charge in [0.1, 0.15) is 12.1 Å². The van der Waals surface area contributed by atoms with Gasteiger partial charge in [-0.1, -0.05) is 39.2 Å². The van der Waals surface area contributed by atoms with Crippen molar-refractivity contribution in [1.29, 1.82) is 0 Å². The van der Waals surface area contributed by atoms with Gasteiger partial charge in [0.05, 0.1) is 16.5 Å². The summed E-state index contributed by atoms with van der Waals surface area (Å²) in [6, 6.07) is -3.31. The molecule has 266 valence electrons. The minimum Gasteiger partial charge on any atom is -0.348 e. The van der Waals surface area contributed by atoms with Crippen molar-refractivity contribution < 1.29 is 32.4 Å². The van der Waals surface area contributed by atoms with E-state index in [-0.39, 0.29) is 47.8 Å². The number of piperidine rings is 1. The van der Waals surface area contributed by atoms with Crippen LogP contribution in [0, 0.1) is 23.2 Å². The SMILES string of the molecule is C=CCCC(NC(=O)[C@@H]1[C@H]2[C@@H](CN1C(=O)[C@@H](NC(=O)NC(C)(C)C)C1CCCCC1)C2(C)C)C(=O)C(=O)NCCS(=O)(=O)C(C)(C)C. The van der Waals surface area contributed by atoms with Gasteiger partial charge in [0.25, 0.3) is 5.91 Å². The van der Waals surface area contributed by atoms with Crippen LogP contribution in [-0.4, -0.2) is 90.1 Å². The van der Waals surface area contributed by atoms with Gasteiger partial charge in [0, 0.05) is 18.6 Å². The van der Waals surface area contributed by atoms with E-state index in [2.05, 4.69) is 41.7 Å². The first kappa shape index (κ1) is 38.5. The highest BCUT2D eigenvalue weighted by Crippen LogP contribution is 2.65. The number of ketones is 1. The number of nitrogens with one attached hydrogen (secondary N) is 4. The number of nitrogens with zero attached hydrogens (tertiary/aromatic N) is 1. The second kappa shape index (κ2) is 14.7. The maximum absolute atomic E-state index is 14.3. The third kappa shape index (κ3) is 9.35. The molecule has 5 amide bonds. The van der Waals surface area contributed by atoms with Gasteiger partial charge in [0.15, 0.2) is 9.84 Å². The molecule has 0 aromatic rings. The molecule has 5 atom stereocenters. The number of hydrogen-bond acceptors (Lipinski definition) is 7. The first-order chi connectivity index (χ1) is 21.6. The molecule has 1 saturated heterocycles. The first-order valence-corrected chi connectivity index (χ1v) is 18.6. The zero-order chi connectivity index (χ0) is 35.5. The summed E-state index contributed by atoms with van der Waals surface area (Å²) < 4.78 is 23.9. The van der Waals surface area contributed by atoms with Crippen molar-refractivity contribution in [3.63, 3.8) is 0 Å². The van der Waals surface area contributed by atoms with E-state index in [1.807, 2.05) is 20.8 Å². The maximum atomic E-state index is 14.3. The number of Topliss-reactive ketones (excluding diaryl/α,β-unsaturated/α-hetero) is 1. The molecule has 0 spiro atoms. The van der Waals surface area contributed by atoms with E-state index in [4.69, 9.17) is 0 Å². The van der Waals surface area contributed by atoms with Crippen LogP contribution in [0.25, 0.3) is 0 Å². The van der Waals surface area contributed by atoms with Crippen LogP contribution >= 0.6 is 0 Å². The molecule has 1 unspecified atom stereocenters. The predicted octanol–water partition coefficient (Wildman–Crippen LogP) is 2.87. The highest BCUT2D eigenvalue weighted by Gasteiger charge is 2.69. The fourth-order valence-electron chi connectivity index (χ4n) is 7.02. The molecule has 0 aromatic heterocycles. The van der Waals surface area contributed by atoms with Gasteiger partial charge < -0.3 is 26.2 Å². The molecule has 1 heterocycles. The van der Waals surface area contributed by atoms with Gasteiger partial charge in [-0.15, -0.1) is 6.58 Å². The topological polar surface area (TPSA) is 171 Å². The van der Waals surface area contributed by atoms with E-state index in [0.717, 1.165) is 32.1 Å². The largest absolute Gasteiger partial charge is 0.348 e. The molecule has 47 heavy (non-hydrogen) atoms. The van der Waals surface area contributed by atoms with Crippen molar-refractivity contribution in [2.75, 3.05) is 18.8 Å².